The summed E-state index contributed by atoms with van der Waals surface area (Å²) in [6.45, 7) is 3.70. The fourth-order valence-corrected chi connectivity index (χ4v) is 4.85. The van der Waals surface area contributed by atoms with Gasteiger partial charge in [-0.2, -0.15) is 0 Å². The van der Waals surface area contributed by atoms with E-state index in [1.807, 2.05) is 4.90 Å². The normalized spacial score (nSPS) is 16.5. The zero-order chi connectivity index (χ0) is 21.0. The van der Waals surface area contributed by atoms with Crippen LogP contribution in [0.5, 0.6) is 0 Å². The molecule has 0 saturated carbocycles. The lowest BCUT2D eigenvalue weighted by molar-refractivity contribution is -0.387. The van der Waals surface area contributed by atoms with Gasteiger partial charge < -0.3 is 4.74 Å². The number of benzene rings is 2. The van der Waals surface area contributed by atoms with Crippen molar-refractivity contribution < 1.29 is 22.5 Å². The van der Waals surface area contributed by atoms with Crippen LogP contribution in [0, 0.1) is 22.9 Å². The summed E-state index contributed by atoms with van der Waals surface area (Å²) in [5.74, 6) is -0.384. The first-order chi connectivity index (χ1) is 13.8. The van der Waals surface area contributed by atoms with E-state index >= 15 is 0 Å². The van der Waals surface area contributed by atoms with Gasteiger partial charge >= 0.3 is 0 Å². The molecular formula is C19H22FN3O5S. The van der Waals surface area contributed by atoms with Crippen molar-refractivity contribution in [3.05, 3.63) is 69.5 Å². The van der Waals surface area contributed by atoms with Crippen molar-refractivity contribution >= 4 is 15.7 Å². The smallest absolute Gasteiger partial charge is 0.289 e. The van der Waals surface area contributed by atoms with Gasteiger partial charge in [0.15, 0.2) is 4.90 Å². The molecule has 29 heavy (non-hydrogen) atoms. The highest BCUT2D eigenvalue weighted by Crippen LogP contribution is 2.28. The molecule has 1 N–H and O–H groups in total. The van der Waals surface area contributed by atoms with Crippen LogP contribution in [0.2, 0.25) is 0 Å². The average molecular weight is 423 g/mol. The number of hydrogen-bond acceptors (Lipinski definition) is 6. The van der Waals surface area contributed by atoms with Crippen LogP contribution in [0.4, 0.5) is 10.1 Å². The maximum atomic E-state index is 13.3. The molecular weight excluding hydrogens is 401 g/mol. The molecule has 2 aromatic rings. The number of sulfonamides is 1. The minimum Gasteiger partial charge on any atom is -0.379 e. The molecule has 2 aromatic carbocycles. The molecule has 3 rings (SSSR count). The van der Waals surface area contributed by atoms with Crippen molar-refractivity contribution in [3.63, 3.8) is 0 Å². The molecule has 0 radical (unpaired) electrons. The summed E-state index contributed by atoms with van der Waals surface area (Å²) in [5.41, 5.74) is 0.564. The molecule has 1 aliphatic heterocycles. The molecule has 0 bridgehead atoms. The second-order valence-corrected chi connectivity index (χ2v) is 8.45. The van der Waals surface area contributed by atoms with E-state index in [1.54, 1.807) is 12.1 Å². The van der Waals surface area contributed by atoms with Crippen LogP contribution >= 0.6 is 0 Å². The van der Waals surface area contributed by atoms with Crippen LogP contribution in [-0.2, 0) is 14.8 Å². The number of morpholine rings is 1. The van der Waals surface area contributed by atoms with E-state index in [4.69, 9.17) is 4.74 Å². The van der Waals surface area contributed by atoms with Crippen molar-refractivity contribution in [3.8, 4) is 0 Å². The third-order valence-corrected chi connectivity index (χ3v) is 6.48. The summed E-state index contributed by atoms with van der Waals surface area (Å²) in [6, 6.07) is 9.63. The minimum absolute atomic E-state index is 0.0144. The van der Waals surface area contributed by atoms with Gasteiger partial charge in [-0.05, 0) is 30.2 Å². The summed E-state index contributed by atoms with van der Waals surface area (Å²) in [7, 11) is -4.14. The molecule has 8 nitrogen and oxygen atoms in total. The highest BCUT2D eigenvalue weighted by molar-refractivity contribution is 7.89. The Morgan fingerprint density at radius 1 is 1.21 bits per heavy atom. The third kappa shape index (κ3) is 4.96. The Balaban J connectivity index is 1.89. The summed E-state index contributed by atoms with van der Waals surface area (Å²) < 4.78 is 47.1. The topological polar surface area (TPSA) is 102 Å². The lowest BCUT2D eigenvalue weighted by Crippen LogP contribution is -2.43. The van der Waals surface area contributed by atoms with Crippen LogP contribution in [0.3, 0.4) is 0 Å². The third-order valence-electron chi connectivity index (χ3n) is 4.86. The van der Waals surface area contributed by atoms with E-state index in [1.165, 1.54) is 37.3 Å². The van der Waals surface area contributed by atoms with Crippen molar-refractivity contribution in [1.82, 2.24) is 9.62 Å². The Morgan fingerprint density at radius 2 is 1.86 bits per heavy atom. The Kier molecular flexibility index (Phi) is 6.58. The van der Waals surface area contributed by atoms with E-state index < -0.39 is 20.6 Å². The summed E-state index contributed by atoms with van der Waals surface area (Å²) in [6.07, 6.45) is 0. The summed E-state index contributed by atoms with van der Waals surface area (Å²) in [5, 5.41) is 11.3. The van der Waals surface area contributed by atoms with Gasteiger partial charge in [-0.15, -0.1) is 0 Å². The standard InChI is InChI=1S/C19H22FN3O5S/c1-14-3-2-4-17(23(24)25)19(14)29(26,27)21-13-18(22-9-11-28-12-10-22)15-5-7-16(20)8-6-15/h2-8,18,21H,9-13H2,1H3. The molecule has 1 heterocycles. The molecule has 0 amide bonds. The molecule has 1 unspecified atom stereocenters. The van der Waals surface area contributed by atoms with Gasteiger partial charge in [0.05, 0.1) is 18.1 Å². The van der Waals surface area contributed by atoms with Crippen molar-refractivity contribution in [2.75, 3.05) is 32.8 Å². The second-order valence-electron chi connectivity index (χ2n) is 6.75. The number of ether oxygens (including phenoxy) is 1. The van der Waals surface area contributed by atoms with E-state index in [0.717, 1.165) is 5.56 Å². The predicted molar refractivity (Wildman–Crippen MR) is 105 cm³/mol. The van der Waals surface area contributed by atoms with Crippen LogP contribution in [0.25, 0.3) is 0 Å². The lowest BCUT2D eigenvalue weighted by atomic mass is 10.0. The second kappa shape index (κ2) is 8.95. The molecule has 1 atom stereocenters. The Labute approximate surface area is 168 Å². The highest BCUT2D eigenvalue weighted by atomic mass is 32.2. The molecule has 156 valence electrons. The van der Waals surface area contributed by atoms with Gasteiger partial charge in [0.25, 0.3) is 5.69 Å². The minimum atomic E-state index is -4.14. The van der Waals surface area contributed by atoms with Crippen LogP contribution in [0.1, 0.15) is 17.2 Å². The zero-order valence-corrected chi connectivity index (χ0v) is 16.7. The Hall–Kier alpha value is -2.40. The number of halogens is 1. The molecule has 0 spiro atoms. The quantitative estimate of drug-likeness (QED) is 0.542. The van der Waals surface area contributed by atoms with Gasteiger partial charge in [-0.25, -0.2) is 17.5 Å². The Morgan fingerprint density at radius 3 is 2.48 bits per heavy atom. The van der Waals surface area contributed by atoms with Gasteiger partial charge in [0.1, 0.15) is 5.82 Å². The first-order valence-electron chi connectivity index (χ1n) is 9.10. The number of nitrogens with one attached hydrogen (secondary N) is 1. The number of rotatable bonds is 7. The largest absolute Gasteiger partial charge is 0.379 e. The molecule has 1 fully saturated rings. The maximum absolute atomic E-state index is 13.3. The fourth-order valence-electron chi connectivity index (χ4n) is 3.42. The lowest BCUT2D eigenvalue weighted by Gasteiger charge is -2.34. The monoisotopic (exact) mass is 423 g/mol. The first kappa shape index (κ1) is 21.3. The van der Waals surface area contributed by atoms with Gasteiger partial charge in [-0.1, -0.05) is 24.3 Å². The summed E-state index contributed by atoms with van der Waals surface area (Å²) in [4.78, 5) is 12.3. The number of hydrogen-bond donors (Lipinski definition) is 1. The molecule has 1 saturated heterocycles. The van der Waals surface area contributed by atoms with E-state index in [0.29, 0.717) is 26.3 Å². The fraction of sp³-hybridized carbons (Fsp3) is 0.368. The molecule has 0 aromatic heterocycles. The van der Waals surface area contributed by atoms with Crippen molar-refractivity contribution in [2.24, 2.45) is 0 Å². The average Bonchev–Trinajstić information content (AvgIpc) is 2.69. The predicted octanol–water partition coefficient (Wildman–Crippen LogP) is 2.39. The van der Waals surface area contributed by atoms with E-state index in [9.17, 15) is 22.9 Å². The van der Waals surface area contributed by atoms with Gasteiger partial charge in [0, 0.05) is 31.7 Å². The van der Waals surface area contributed by atoms with E-state index in [-0.39, 0.29) is 28.9 Å². The number of aryl methyl sites for hydroxylation is 1. The van der Waals surface area contributed by atoms with E-state index in [2.05, 4.69) is 4.72 Å². The number of nitrogens with zero attached hydrogens (tertiary/aromatic N) is 2. The SMILES string of the molecule is Cc1cccc([N+](=O)[O-])c1S(=O)(=O)NCC(c1ccc(F)cc1)N1CCOCC1. The molecule has 1 aliphatic rings. The Bertz CT molecular complexity index is 976. The molecule has 10 heteroatoms. The molecule has 0 aliphatic carbocycles. The van der Waals surface area contributed by atoms with Crippen LogP contribution in [-0.4, -0.2) is 51.1 Å². The van der Waals surface area contributed by atoms with Crippen LogP contribution < -0.4 is 4.72 Å². The van der Waals surface area contributed by atoms with Gasteiger partial charge in [0.2, 0.25) is 10.0 Å². The summed E-state index contributed by atoms with van der Waals surface area (Å²) >= 11 is 0. The zero-order valence-electron chi connectivity index (χ0n) is 15.9. The number of nitro benzene ring substituents is 1. The van der Waals surface area contributed by atoms with Crippen molar-refractivity contribution in [1.29, 1.82) is 0 Å². The van der Waals surface area contributed by atoms with Crippen LogP contribution in [0.15, 0.2) is 47.4 Å². The van der Waals surface area contributed by atoms with Gasteiger partial charge in [-0.3, -0.25) is 15.0 Å². The highest BCUT2D eigenvalue weighted by Gasteiger charge is 2.30. The number of nitro groups is 1. The first-order valence-corrected chi connectivity index (χ1v) is 10.6. The van der Waals surface area contributed by atoms with Crippen molar-refractivity contribution in [2.45, 2.75) is 17.9 Å². The maximum Gasteiger partial charge on any atom is 0.289 e.